The summed E-state index contributed by atoms with van der Waals surface area (Å²) in [6.07, 6.45) is 8.47. The average Bonchev–Trinajstić information content (AvgIpc) is 3.63. The molecule has 0 bridgehead atoms. The van der Waals surface area contributed by atoms with Crippen LogP contribution < -0.4 is 0 Å². The van der Waals surface area contributed by atoms with Crippen molar-refractivity contribution >= 4 is 54.4 Å². The van der Waals surface area contributed by atoms with Crippen LogP contribution in [0.3, 0.4) is 0 Å². The van der Waals surface area contributed by atoms with E-state index in [0.717, 1.165) is 33.8 Å². The van der Waals surface area contributed by atoms with Gasteiger partial charge in [-0.1, -0.05) is 60.7 Å². The van der Waals surface area contributed by atoms with Crippen molar-refractivity contribution in [2.24, 2.45) is 0 Å². The Balaban J connectivity index is 1.15. The lowest BCUT2D eigenvalue weighted by Gasteiger charge is -2.10. The van der Waals surface area contributed by atoms with Crippen LogP contribution in [0.1, 0.15) is 11.1 Å². The number of imidazole rings is 2. The van der Waals surface area contributed by atoms with Gasteiger partial charge >= 0.3 is 0 Å². The second kappa shape index (κ2) is 8.51. The zero-order chi connectivity index (χ0) is 27.9. The molecular formula is C38H26N4. The lowest BCUT2D eigenvalue weighted by molar-refractivity contribution is 1.16. The highest BCUT2D eigenvalue weighted by atomic mass is 15.0. The fourth-order valence-corrected chi connectivity index (χ4v) is 6.43. The highest BCUT2D eigenvalue weighted by molar-refractivity contribution is 6.17. The number of hydrogen-bond donors (Lipinski definition) is 0. The summed E-state index contributed by atoms with van der Waals surface area (Å²) in [5.74, 6) is 0. The molecule has 9 rings (SSSR count). The van der Waals surface area contributed by atoms with Crippen molar-refractivity contribution in [1.82, 2.24) is 18.8 Å². The van der Waals surface area contributed by atoms with Crippen molar-refractivity contribution in [2.45, 2.75) is 13.8 Å². The van der Waals surface area contributed by atoms with Gasteiger partial charge in [0.15, 0.2) is 0 Å². The topological polar surface area (TPSA) is 34.6 Å². The Hall–Kier alpha value is -5.48. The molecule has 4 aromatic heterocycles. The van der Waals surface area contributed by atoms with Crippen molar-refractivity contribution < 1.29 is 0 Å². The molecule has 0 amide bonds. The maximum absolute atomic E-state index is 4.86. The van der Waals surface area contributed by atoms with Crippen LogP contribution in [0.15, 0.2) is 122 Å². The normalized spacial score (nSPS) is 12.0. The first kappa shape index (κ1) is 23.2. The van der Waals surface area contributed by atoms with Gasteiger partial charge < -0.3 is 8.80 Å². The molecule has 0 spiro atoms. The van der Waals surface area contributed by atoms with Crippen LogP contribution in [0.4, 0.5) is 0 Å². The molecule has 0 fully saturated rings. The van der Waals surface area contributed by atoms with Crippen LogP contribution in [0.5, 0.6) is 0 Å². The molecule has 9 aromatic rings. The quantitative estimate of drug-likeness (QED) is 0.162. The van der Waals surface area contributed by atoms with E-state index in [1.807, 2.05) is 0 Å². The smallest absolute Gasteiger partial charge is 0.137 e. The van der Waals surface area contributed by atoms with E-state index in [-0.39, 0.29) is 0 Å². The molecular weight excluding hydrogens is 512 g/mol. The number of rotatable bonds is 2. The molecule has 0 unspecified atom stereocenters. The summed E-state index contributed by atoms with van der Waals surface area (Å²) in [6.45, 7) is 4.21. The summed E-state index contributed by atoms with van der Waals surface area (Å²) in [4.78, 5) is 9.72. The van der Waals surface area contributed by atoms with Gasteiger partial charge in [0.1, 0.15) is 11.3 Å². The third-order valence-electron chi connectivity index (χ3n) is 8.58. The Kier molecular flexibility index (Phi) is 4.71. The number of aromatic nitrogens is 4. The molecule has 0 saturated carbocycles. The number of hydrogen-bond acceptors (Lipinski definition) is 2. The Morgan fingerprint density at radius 1 is 0.405 bits per heavy atom. The molecule has 0 aliphatic heterocycles. The molecule has 4 heteroatoms. The predicted octanol–water partition coefficient (Wildman–Crippen LogP) is 9.55. The number of aryl methyl sites for hydroxylation is 2. The summed E-state index contributed by atoms with van der Waals surface area (Å²) in [6, 6.07) is 35.4. The van der Waals surface area contributed by atoms with Gasteiger partial charge in [0, 0.05) is 35.9 Å². The summed E-state index contributed by atoms with van der Waals surface area (Å²) in [5, 5.41) is 10.0. The van der Waals surface area contributed by atoms with E-state index in [2.05, 4.69) is 144 Å². The summed E-state index contributed by atoms with van der Waals surface area (Å²) >= 11 is 0. The Bertz CT molecular complexity index is 2370. The standard InChI is InChI=1S/C38H26N4/c1-23-3-13-37-39-35(21-41(37)19-23)29-9-11-31-25(15-29)5-7-27-18-34-28(17-33(27)31)8-6-26-16-30(10-12-32(26)34)36-22-42-20-24(2)4-14-38(42)40-36/h3-22H,1-2H3. The van der Waals surface area contributed by atoms with Gasteiger partial charge in [0.05, 0.1) is 11.4 Å². The van der Waals surface area contributed by atoms with Crippen LogP contribution in [-0.2, 0) is 0 Å². The number of benzene rings is 5. The second-order valence-corrected chi connectivity index (χ2v) is 11.5. The van der Waals surface area contributed by atoms with Gasteiger partial charge in [-0.25, -0.2) is 9.97 Å². The molecule has 0 radical (unpaired) electrons. The molecule has 0 saturated heterocycles. The highest BCUT2D eigenvalue weighted by Gasteiger charge is 2.11. The molecule has 4 heterocycles. The van der Waals surface area contributed by atoms with Gasteiger partial charge in [0.2, 0.25) is 0 Å². The van der Waals surface area contributed by atoms with Crippen LogP contribution in [-0.4, -0.2) is 18.8 Å². The minimum atomic E-state index is 0.966. The van der Waals surface area contributed by atoms with Crippen molar-refractivity contribution in [1.29, 1.82) is 0 Å². The third-order valence-corrected chi connectivity index (χ3v) is 8.58. The third kappa shape index (κ3) is 3.55. The molecule has 0 aliphatic carbocycles. The van der Waals surface area contributed by atoms with Crippen LogP contribution >= 0.6 is 0 Å². The van der Waals surface area contributed by atoms with Crippen molar-refractivity contribution in [2.75, 3.05) is 0 Å². The SMILES string of the molecule is Cc1ccc2nc(-c3ccc4c(ccc5cc6c(ccc7cc(-c8cn9cc(C)ccc9n8)ccc76)cc54)c3)cn2c1. The van der Waals surface area contributed by atoms with E-state index in [0.29, 0.717) is 0 Å². The molecule has 4 nitrogen and oxygen atoms in total. The Morgan fingerprint density at radius 2 is 0.833 bits per heavy atom. The summed E-state index contributed by atoms with van der Waals surface area (Å²) in [5.41, 5.74) is 8.62. The van der Waals surface area contributed by atoms with E-state index in [1.54, 1.807) is 0 Å². The fourth-order valence-electron chi connectivity index (χ4n) is 6.43. The minimum Gasteiger partial charge on any atom is -0.306 e. The van der Waals surface area contributed by atoms with Crippen molar-refractivity contribution in [3.05, 3.63) is 133 Å². The van der Waals surface area contributed by atoms with Crippen molar-refractivity contribution in [3.8, 4) is 22.5 Å². The van der Waals surface area contributed by atoms with Gasteiger partial charge in [0.25, 0.3) is 0 Å². The van der Waals surface area contributed by atoms with E-state index in [9.17, 15) is 0 Å². The lowest BCUT2D eigenvalue weighted by atomic mass is 9.94. The van der Waals surface area contributed by atoms with Crippen molar-refractivity contribution in [3.63, 3.8) is 0 Å². The van der Waals surface area contributed by atoms with Crippen LogP contribution in [0.2, 0.25) is 0 Å². The molecule has 42 heavy (non-hydrogen) atoms. The van der Waals surface area contributed by atoms with Gasteiger partial charge in [-0.3, -0.25) is 0 Å². The van der Waals surface area contributed by atoms with Crippen LogP contribution in [0.25, 0.3) is 76.9 Å². The van der Waals surface area contributed by atoms with Gasteiger partial charge in [-0.2, -0.15) is 0 Å². The number of fused-ring (bicyclic) bond motifs is 8. The largest absolute Gasteiger partial charge is 0.306 e. The monoisotopic (exact) mass is 538 g/mol. The first-order valence-corrected chi connectivity index (χ1v) is 14.3. The molecule has 5 aromatic carbocycles. The summed E-state index contributed by atoms with van der Waals surface area (Å²) in [7, 11) is 0. The number of nitrogens with zero attached hydrogens (tertiary/aromatic N) is 4. The average molecular weight is 539 g/mol. The predicted molar refractivity (Wildman–Crippen MR) is 174 cm³/mol. The maximum atomic E-state index is 4.86. The lowest BCUT2D eigenvalue weighted by Crippen LogP contribution is -1.84. The maximum Gasteiger partial charge on any atom is 0.137 e. The zero-order valence-electron chi connectivity index (χ0n) is 23.3. The van der Waals surface area contributed by atoms with E-state index in [1.165, 1.54) is 54.2 Å². The second-order valence-electron chi connectivity index (χ2n) is 11.5. The molecule has 0 atom stereocenters. The molecule has 0 aliphatic rings. The van der Waals surface area contributed by atoms with E-state index >= 15 is 0 Å². The fraction of sp³-hybridized carbons (Fsp3) is 0.0526. The first-order chi connectivity index (χ1) is 20.6. The Morgan fingerprint density at radius 3 is 1.29 bits per heavy atom. The zero-order valence-corrected chi connectivity index (χ0v) is 23.3. The minimum absolute atomic E-state index is 0.966. The molecule has 0 N–H and O–H groups in total. The first-order valence-electron chi connectivity index (χ1n) is 14.3. The van der Waals surface area contributed by atoms with Crippen LogP contribution in [0, 0.1) is 13.8 Å². The Labute approximate surface area is 242 Å². The highest BCUT2D eigenvalue weighted by Crippen LogP contribution is 2.36. The van der Waals surface area contributed by atoms with E-state index in [4.69, 9.17) is 9.97 Å². The van der Waals surface area contributed by atoms with E-state index < -0.39 is 0 Å². The van der Waals surface area contributed by atoms with Gasteiger partial charge in [-0.05, 0) is 104 Å². The molecule has 198 valence electrons. The summed E-state index contributed by atoms with van der Waals surface area (Å²) < 4.78 is 4.21. The number of pyridine rings is 2. The van der Waals surface area contributed by atoms with Gasteiger partial charge in [-0.15, -0.1) is 0 Å².